The molecule has 0 radical (unpaired) electrons. The summed E-state index contributed by atoms with van der Waals surface area (Å²) in [6.45, 7) is 14.4. The van der Waals surface area contributed by atoms with Gasteiger partial charge in [-0.15, -0.1) is 11.3 Å². The van der Waals surface area contributed by atoms with Crippen molar-refractivity contribution in [3.8, 4) is 22.0 Å². The van der Waals surface area contributed by atoms with E-state index in [0.29, 0.717) is 5.82 Å². The maximum atomic E-state index is 4.95. The maximum Gasteiger partial charge on any atom is 0.159 e. The van der Waals surface area contributed by atoms with Gasteiger partial charge in [-0.3, -0.25) is 15.1 Å². The normalized spacial score (nSPS) is 12.6. The molecule has 5 heterocycles. The highest BCUT2D eigenvalue weighted by Gasteiger charge is 2.16. The molecule has 5 aromatic rings. The number of allylic oxidation sites excluding steroid dienone is 2. The molecule has 0 aromatic carbocycles. The van der Waals surface area contributed by atoms with Gasteiger partial charge in [0.05, 0.1) is 17.1 Å². The van der Waals surface area contributed by atoms with Crippen molar-refractivity contribution in [3.63, 3.8) is 0 Å². The molecule has 0 saturated carbocycles. The van der Waals surface area contributed by atoms with E-state index in [-0.39, 0.29) is 0 Å². The predicted molar refractivity (Wildman–Crippen MR) is 141 cm³/mol. The second-order valence-electron chi connectivity index (χ2n) is 8.16. The number of rotatable bonds is 5. The Morgan fingerprint density at radius 1 is 1.09 bits per heavy atom. The van der Waals surface area contributed by atoms with Gasteiger partial charge >= 0.3 is 0 Å². The van der Waals surface area contributed by atoms with Gasteiger partial charge in [-0.05, 0) is 61.8 Å². The topological polar surface area (TPSA) is 83.1 Å². The number of hydrogen-bond donors (Lipinski definition) is 2. The third-order valence-corrected chi connectivity index (χ3v) is 7.02. The molecule has 0 unspecified atom stereocenters. The predicted octanol–water partition coefficient (Wildman–Crippen LogP) is 5.11. The lowest BCUT2D eigenvalue weighted by atomic mass is 10.0. The van der Waals surface area contributed by atoms with E-state index in [9.17, 15) is 0 Å². The first-order valence-corrected chi connectivity index (χ1v) is 11.7. The minimum atomic E-state index is 0.673. The smallest absolute Gasteiger partial charge is 0.159 e. The first-order chi connectivity index (χ1) is 16.5. The molecule has 0 aliphatic rings. The molecule has 7 heteroatoms. The number of aryl methyl sites for hydroxylation is 1. The van der Waals surface area contributed by atoms with Crippen molar-refractivity contribution in [2.45, 2.75) is 20.8 Å². The average molecular weight is 465 g/mol. The zero-order chi connectivity index (χ0) is 23.8. The van der Waals surface area contributed by atoms with Crippen LogP contribution in [0.5, 0.6) is 0 Å². The fourth-order valence-electron chi connectivity index (χ4n) is 3.90. The number of nitrogens with one attached hydrogen (secondary N) is 2. The zero-order valence-corrected chi connectivity index (χ0v) is 20.1. The summed E-state index contributed by atoms with van der Waals surface area (Å²) in [4.78, 5) is 19.3. The van der Waals surface area contributed by atoms with Crippen molar-refractivity contribution in [3.05, 3.63) is 82.7 Å². The Labute approximate surface area is 201 Å². The van der Waals surface area contributed by atoms with E-state index in [4.69, 9.17) is 4.98 Å². The fraction of sp³-hybridized carbons (Fsp3) is 0.111. The Balaban J connectivity index is 1.66. The van der Waals surface area contributed by atoms with Gasteiger partial charge in [-0.25, -0.2) is 4.98 Å². The van der Waals surface area contributed by atoms with Gasteiger partial charge in [0.15, 0.2) is 5.82 Å². The molecule has 168 valence electrons. The minimum Gasteiger partial charge on any atom is -0.335 e. The van der Waals surface area contributed by atoms with Crippen LogP contribution in [0.3, 0.4) is 0 Å². The molecule has 2 N–H and O–H groups in total. The standard InChI is InChI=1S/C27H24N6S/c1-6-21-18(11-17(5)19-12-28-10-9-16(19)4)26(33-32-21)27-30-22-14-29-13-20(25(22)31-27)24-8-7-23(34-24)15(2)3/h6-14,32H,2,5H2,1,3-4H3,(H,30,31)/b18-11+,21-6+. The lowest BCUT2D eigenvalue weighted by Crippen LogP contribution is -2.23. The SMILES string of the molecule is C=C(C)c1ccc(-c2cncc3[nH]c(-c4n[nH]c(=C/C)/c4=C\C(=C)c4cnccc4C)nc23)s1. The van der Waals surface area contributed by atoms with E-state index in [1.54, 1.807) is 23.7 Å². The summed E-state index contributed by atoms with van der Waals surface area (Å²) in [5.41, 5.74) is 7.45. The average Bonchev–Trinajstić information content (AvgIpc) is 3.56. The Morgan fingerprint density at radius 3 is 2.68 bits per heavy atom. The molecule has 0 spiro atoms. The van der Waals surface area contributed by atoms with Gasteiger partial charge in [0.1, 0.15) is 11.2 Å². The number of imidazole rings is 1. The summed E-state index contributed by atoms with van der Waals surface area (Å²) in [7, 11) is 0. The number of H-pyrrole nitrogens is 2. The summed E-state index contributed by atoms with van der Waals surface area (Å²) in [6, 6.07) is 6.16. The van der Waals surface area contributed by atoms with Crippen LogP contribution in [0.4, 0.5) is 0 Å². The van der Waals surface area contributed by atoms with Gasteiger partial charge < -0.3 is 4.98 Å². The van der Waals surface area contributed by atoms with Crippen LogP contribution in [-0.4, -0.2) is 30.1 Å². The minimum absolute atomic E-state index is 0.673. The summed E-state index contributed by atoms with van der Waals surface area (Å²) < 4.78 is 0. The summed E-state index contributed by atoms with van der Waals surface area (Å²) in [6.07, 6.45) is 11.3. The van der Waals surface area contributed by atoms with Crippen molar-refractivity contribution < 1.29 is 0 Å². The van der Waals surface area contributed by atoms with Gasteiger partial charge in [-0.2, -0.15) is 5.10 Å². The first-order valence-electron chi connectivity index (χ1n) is 10.9. The second-order valence-corrected chi connectivity index (χ2v) is 9.25. The van der Waals surface area contributed by atoms with E-state index in [1.165, 1.54) is 0 Å². The van der Waals surface area contributed by atoms with Crippen LogP contribution in [0.25, 0.3) is 56.3 Å². The van der Waals surface area contributed by atoms with Crippen LogP contribution < -0.4 is 10.6 Å². The van der Waals surface area contributed by atoms with Gasteiger partial charge in [-0.1, -0.05) is 19.2 Å². The molecule has 0 aliphatic carbocycles. The Kier molecular flexibility index (Phi) is 5.55. The molecule has 0 aliphatic heterocycles. The fourth-order valence-corrected chi connectivity index (χ4v) is 4.84. The molecule has 6 nitrogen and oxygen atoms in total. The highest BCUT2D eigenvalue weighted by molar-refractivity contribution is 7.16. The quantitative estimate of drug-likeness (QED) is 0.379. The summed E-state index contributed by atoms with van der Waals surface area (Å²) in [5, 5.41) is 9.53. The van der Waals surface area contributed by atoms with Crippen LogP contribution in [0, 0.1) is 6.92 Å². The van der Waals surface area contributed by atoms with Crippen LogP contribution in [0.1, 0.15) is 29.9 Å². The highest BCUT2D eigenvalue weighted by atomic mass is 32.1. The highest BCUT2D eigenvalue weighted by Crippen LogP contribution is 2.34. The largest absolute Gasteiger partial charge is 0.335 e. The Hall–Kier alpha value is -4.10. The Bertz CT molecular complexity index is 1680. The molecule has 0 bridgehead atoms. The molecular weight excluding hydrogens is 440 g/mol. The van der Waals surface area contributed by atoms with Crippen LogP contribution in [0.2, 0.25) is 0 Å². The van der Waals surface area contributed by atoms with Gasteiger partial charge in [0, 0.05) is 44.7 Å². The molecular formula is C27H24N6S. The number of nitrogens with zero attached hydrogens (tertiary/aromatic N) is 4. The number of hydrogen-bond acceptors (Lipinski definition) is 5. The lowest BCUT2D eigenvalue weighted by Gasteiger charge is -2.03. The van der Waals surface area contributed by atoms with Crippen molar-refractivity contribution in [2.75, 3.05) is 0 Å². The van der Waals surface area contributed by atoms with Crippen molar-refractivity contribution in [1.29, 1.82) is 0 Å². The van der Waals surface area contributed by atoms with Gasteiger partial charge in [0.2, 0.25) is 0 Å². The third kappa shape index (κ3) is 3.80. The second kappa shape index (κ2) is 8.68. The third-order valence-electron chi connectivity index (χ3n) is 5.74. The monoisotopic (exact) mass is 464 g/mol. The number of aromatic nitrogens is 6. The van der Waals surface area contributed by atoms with Crippen LogP contribution >= 0.6 is 11.3 Å². The van der Waals surface area contributed by atoms with E-state index in [2.05, 4.69) is 57.4 Å². The molecule has 0 saturated heterocycles. The molecule has 5 aromatic heterocycles. The Morgan fingerprint density at radius 2 is 1.94 bits per heavy atom. The first kappa shape index (κ1) is 21.7. The zero-order valence-electron chi connectivity index (χ0n) is 19.3. The number of thiophene rings is 1. The lowest BCUT2D eigenvalue weighted by molar-refractivity contribution is 1.05. The molecule has 34 heavy (non-hydrogen) atoms. The molecule has 5 rings (SSSR count). The van der Waals surface area contributed by atoms with Crippen LogP contribution in [-0.2, 0) is 0 Å². The summed E-state index contributed by atoms with van der Waals surface area (Å²) in [5.74, 6) is 0.673. The van der Waals surface area contributed by atoms with Crippen molar-refractivity contribution in [1.82, 2.24) is 30.1 Å². The van der Waals surface area contributed by atoms with E-state index >= 15 is 0 Å². The number of aromatic amines is 2. The molecule has 0 amide bonds. The molecule has 0 atom stereocenters. The number of pyridine rings is 2. The van der Waals surface area contributed by atoms with Crippen LogP contribution in [0.15, 0.2) is 56.1 Å². The number of fused-ring (bicyclic) bond motifs is 1. The molecule has 0 fully saturated rings. The summed E-state index contributed by atoms with van der Waals surface area (Å²) >= 11 is 1.69. The van der Waals surface area contributed by atoms with E-state index in [0.717, 1.165) is 64.9 Å². The van der Waals surface area contributed by atoms with Crippen molar-refractivity contribution >= 4 is 45.7 Å². The van der Waals surface area contributed by atoms with E-state index < -0.39 is 0 Å². The van der Waals surface area contributed by atoms with Gasteiger partial charge in [0.25, 0.3) is 0 Å². The van der Waals surface area contributed by atoms with Crippen molar-refractivity contribution in [2.24, 2.45) is 0 Å². The maximum absolute atomic E-state index is 4.95. The van der Waals surface area contributed by atoms with E-state index in [1.807, 2.05) is 44.5 Å².